The number of piperazine rings is 1. The number of hydrogen-bond acceptors (Lipinski definition) is 5. The number of aromatic nitrogens is 2. The van der Waals surface area contributed by atoms with E-state index in [1.807, 2.05) is 18.2 Å². The van der Waals surface area contributed by atoms with Crippen LogP contribution in [0.3, 0.4) is 0 Å². The lowest BCUT2D eigenvalue weighted by Crippen LogP contribution is -2.54. The molecule has 0 spiro atoms. The van der Waals surface area contributed by atoms with Crippen LogP contribution in [0.25, 0.3) is 27.9 Å². The van der Waals surface area contributed by atoms with Crippen LogP contribution in [0.4, 0.5) is 14.5 Å². The largest absolute Gasteiger partial charge is 0.422 e. The molecule has 1 aliphatic heterocycles. The molecular weight excluding hydrogens is 390 g/mol. The number of nitrogens with zero attached hydrogens (tertiary/aromatic N) is 3. The Hall–Kier alpha value is -3.26. The lowest BCUT2D eigenvalue weighted by atomic mass is 10.1. The molecule has 6 nitrogen and oxygen atoms in total. The van der Waals surface area contributed by atoms with Crippen molar-refractivity contribution in [3.63, 3.8) is 0 Å². The Kier molecular flexibility index (Phi) is 4.32. The second kappa shape index (κ2) is 6.91. The van der Waals surface area contributed by atoms with E-state index in [1.54, 1.807) is 6.07 Å². The molecule has 1 fully saturated rings. The highest BCUT2D eigenvalue weighted by Gasteiger charge is 2.22. The number of nitrogens with one attached hydrogen (secondary N) is 1. The second-order valence-electron chi connectivity index (χ2n) is 7.91. The molecule has 30 heavy (non-hydrogen) atoms. The summed E-state index contributed by atoms with van der Waals surface area (Å²) in [6, 6.07) is 8.90. The highest BCUT2D eigenvalue weighted by molar-refractivity contribution is 5.84. The molecule has 1 aromatic carbocycles. The first-order chi connectivity index (χ1) is 14.4. The van der Waals surface area contributed by atoms with Crippen molar-refractivity contribution < 1.29 is 13.2 Å². The molecule has 0 bridgehead atoms. The van der Waals surface area contributed by atoms with Gasteiger partial charge in [0.1, 0.15) is 11.4 Å². The van der Waals surface area contributed by atoms with Gasteiger partial charge >= 0.3 is 5.63 Å². The average Bonchev–Trinajstić information content (AvgIpc) is 3.10. The summed E-state index contributed by atoms with van der Waals surface area (Å²) in [6.07, 6.45) is 2.52. The van der Waals surface area contributed by atoms with Crippen LogP contribution in [-0.2, 0) is 0 Å². The fourth-order valence-corrected chi connectivity index (χ4v) is 4.17. The van der Waals surface area contributed by atoms with Crippen LogP contribution < -0.4 is 15.8 Å². The number of fused-ring (bicyclic) bond motifs is 2. The number of halogens is 2. The van der Waals surface area contributed by atoms with E-state index in [9.17, 15) is 13.6 Å². The van der Waals surface area contributed by atoms with Crippen LogP contribution >= 0.6 is 0 Å². The molecule has 0 amide bonds. The van der Waals surface area contributed by atoms with Gasteiger partial charge in [-0.1, -0.05) is 0 Å². The maximum Gasteiger partial charge on any atom is 0.345 e. The van der Waals surface area contributed by atoms with Crippen LogP contribution in [-0.4, -0.2) is 34.6 Å². The molecular formula is C22H20F2N4O2. The van der Waals surface area contributed by atoms with Crippen molar-refractivity contribution in [1.29, 1.82) is 0 Å². The molecule has 0 aliphatic carbocycles. The summed E-state index contributed by atoms with van der Waals surface area (Å²) < 4.78 is 34.2. The summed E-state index contributed by atoms with van der Waals surface area (Å²) in [5.41, 5.74) is 1.26. The first-order valence-electron chi connectivity index (χ1n) is 9.80. The first kappa shape index (κ1) is 18.7. The Morgan fingerprint density at radius 2 is 1.87 bits per heavy atom. The molecule has 0 radical (unpaired) electrons. The molecule has 5 rings (SSSR count). The van der Waals surface area contributed by atoms with E-state index < -0.39 is 17.3 Å². The molecule has 4 aromatic rings. The standard InChI is InChI=1S/C22H20F2N4O2/c1-12-8-27(9-13(2)25-12)16-4-3-14-5-17(22(29)30-20(14)7-16)19-11-28-10-15(23)6-18(24)21(28)26-19/h3-7,10-13,25H,8-9H2,1-2H3. The van der Waals surface area contributed by atoms with Crippen molar-refractivity contribution in [1.82, 2.24) is 14.7 Å². The summed E-state index contributed by atoms with van der Waals surface area (Å²) in [4.78, 5) is 19.1. The Bertz CT molecular complexity index is 1320. The molecule has 1 saturated heterocycles. The zero-order chi connectivity index (χ0) is 21.0. The van der Waals surface area contributed by atoms with Gasteiger partial charge in [-0.05, 0) is 32.0 Å². The van der Waals surface area contributed by atoms with Gasteiger partial charge in [0.15, 0.2) is 11.5 Å². The number of rotatable bonds is 2. The van der Waals surface area contributed by atoms with Crippen molar-refractivity contribution in [3.05, 3.63) is 64.8 Å². The first-order valence-corrected chi connectivity index (χ1v) is 9.80. The third kappa shape index (κ3) is 3.23. The minimum atomic E-state index is -0.796. The Balaban J connectivity index is 1.56. The fraction of sp³-hybridized carbons (Fsp3) is 0.273. The van der Waals surface area contributed by atoms with Gasteiger partial charge in [0.2, 0.25) is 0 Å². The van der Waals surface area contributed by atoms with Crippen LogP contribution in [0.15, 0.2) is 51.9 Å². The zero-order valence-corrected chi connectivity index (χ0v) is 16.5. The summed E-state index contributed by atoms with van der Waals surface area (Å²) in [5.74, 6) is -1.52. The predicted molar refractivity (Wildman–Crippen MR) is 111 cm³/mol. The third-order valence-corrected chi connectivity index (χ3v) is 5.39. The van der Waals surface area contributed by atoms with E-state index >= 15 is 0 Å². The van der Waals surface area contributed by atoms with E-state index in [0.29, 0.717) is 17.7 Å². The van der Waals surface area contributed by atoms with Gasteiger partial charge in [0.05, 0.1) is 11.3 Å². The van der Waals surface area contributed by atoms with Gasteiger partial charge in [-0.3, -0.25) is 0 Å². The normalized spacial score (nSPS) is 19.7. The second-order valence-corrected chi connectivity index (χ2v) is 7.91. The van der Waals surface area contributed by atoms with E-state index in [2.05, 4.69) is 29.0 Å². The number of pyridine rings is 1. The van der Waals surface area contributed by atoms with Crippen molar-refractivity contribution in [2.45, 2.75) is 25.9 Å². The van der Waals surface area contributed by atoms with E-state index in [0.717, 1.165) is 36.4 Å². The molecule has 1 N–H and O–H groups in total. The minimum absolute atomic E-state index is 0.0526. The molecule has 0 saturated carbocycles. The van der Waals surface area contributed by atoms with Gasteiger partial charge in [0.25, 0.3) is 0 Å². The Labute approximate surface area is 170 Å². The Morgan fingerprint density at radius 1 is 1.10 bits per heavy atom. The van der Waals surface area contributed by atoms with Gasteiger partial charge in [-0.2, -0.15) is 0 Å². The molecule has 4 heterocycles. The SMILES string of the molecule is CC1CN(c2ccc3cc(-c4cn5cc(F)cc(F)c5n4)c(=O)oc3c2)CC(C)N1. The summed E-state index contributed by atoms with van der Waals surface area (Å²) in [6.45, 7) is 6.00. The quantitative estimate of drug-likeness (QED) is 0.512. The minimum Gasteiger partial charge on any atom is -0.422 e. The van der Waals surface area contributed by atoms with Crippen LogP contribution in [0, 0.1) is 11.6 Å². The van der Waals surface area contributed by atoms with Crippen molar-refractivity contribution in [3.8, 4) is 11.3 Å². The van der Waals surface area contributed by atoms with Gasteiger partial charge in [0, 0.05) is 60.8 Å². The summed E-state index contributed by atoms with van der Waals surface area (Å²) in [5, 5.41) is 4.22. The number of anilines is 1. The van der Waals surface area contributed by atoms with Crippen molar-refractivity contribution in [2.75, 3.05) is 18.0 Å². The van der Waals surface area contributed by atoms with Crippen LogP contribution in [0.2, 0.25) is 0 Å². The molecule has 1 aliphatic rings. The van der Waals surface area contributed by atoms with E-state index in [1.165, 1.54) is 10.6 Å². The topological polar surface area (TPSA) is 62.8 Å². The number of hydrogen-bond donors (Lipinski definition) is 1. The predicted octanol–water partition coefficient (Wildman–Crippen LogP) is 3.57. The third-order valence-electron chi connectivity index (χ3n) is 5.39. The molecule has 8 heteroatoms. The molecule has 154 valence electrons. The van der Waals surface area contributed by atoms with Crippen LogP contribution in [0.5, 0.6) is 0 Å². The molecule has 2 atom stereocenters. The van der Waals surface area contributed by atoms with Crippen molar-refractivity contribution in [2.24, 2.45) is 0 Å². The summed E-state index contributed by atoms with van der Waals surface area (Å²) in [7, 11) is 0. The van der Waals surface area contributed by atoms with Gasteiger partial charge < -0.3 is 19.0 Å². The molecule has 3 aromatic heterocycles. The van der Waals surface area contributed by atoms with Gasteiger partial charge in [-0.15, -0.1) is 0 Å². The number of imidazole rings is 1. The maximum atomic E-state index is 14.0. The lowest BCUT2D eigenvalue weighted by Gasteiger charge is -2.37. The van der Waals surface area contributed by atoms with Crippen molar-refractivity contribution >= 4 is 22.3 Å². The van der Waals surface area contributed by atoms with E-state index in [-0.39, 0.29) is 16.9 Å². The number of benzene rings is 1. The molecule has 2 unspecified atom stereocenters. The monoisotopic (exact) mass is 410 g/mol. The summed E-state index contributed by atoms with van der Waals surface area (Å²) >= 11 is 0. The van der Waals surface area contributed by atoms with Gasteiger partial charge in [-0.25, -0.2) is 18.6 Å². The smallest absolute Gasteiger partial charge is 0.345 e. The maximum absolute atomic E-state index is 14.0. The highest BCUT2D eigenvalue weighted by atomic mass is 19.1. The lowest BCUT2D eigenvalue weighted by molar-refractivity contribution is 0.407. The van der Waals surface area contributed by atoms with E-state index in [4.69, 9.17) is 4.42 Å². The van der Waals surface area contributed by atoms with Crippen LogP contribution in [0.1, 0.15) is 13.8 Å². The fourth-order valence-electron chi connectivity index (χ4n) is 4.17. The Morgan fingerprint density at radius 3 is 2.63 bits per heavy atom. The zero-order valence-electron chi connectivity index (χ0n) is 16.5. The average molecular weight is 410 g/mol. The highest BCUT2D eigenvalue weighted by Crippen LogP contribution is 2.26.